The molecular formula is C24H15FN6. The van der Waals surface area contributed by atoms with Crippen LogP contribution in [0.2, 0.25) is 0 Å². The summed E-state index contributed by atoms with van der Waals surface area (Å²) in [6.07, 6.45) is 5.19. The van der Waals surface area contributed by atoms with Gasteiger partial charge in [-0.3, -0.25) is 15.1 Å². The van der Waals surface area contributed by atoms with Crippen molar-refractivity contribution in [3.8, 4) is 33.9 Å². The Labute approximate surface area is 175 Å². The molecule has 0 aliphatic heterocycles. The van der Waals surface area contributed by atoms with Crippen LogP contribution < -0.4 is 0 Å². The predicted octanol–water partition coefficient (Wildman–Crippen LogP) is 5.37. The normalized spacial score (nSPS) is 11.4. The molecular weight excluding hydrogens is 391 g/mol. The van der Waals surface area contributed by atoms with Gasteiger partial charge in [-0.2, -0.15) is 5.10 Å². The first kappa shape index (κ1) is 17.5. The molecule has 6 rings (SSSR count). The van der Waals surface area contributed by atoms with E-state index in [0.29, 0.717) is 17.0 Å². The first-order chi connectivity index (χ1) is 15.3. The number of hydrogen-bond donors (Lipinski definition) is 2. The molecule has 2 N–H and O–H groups in total. The van der Waals surface area contributed by atoms with Crippen molar-refractivity contribution >= 4 is 21.9 Å². The second-order valence-corrected chi connectivity index (χ2v) is 7.19. The molecule has 0 saturated carbocycles. The average Bonchev–Trinajstić information content (AvgIpc) is 3.43. The van der Waals surface area contributed by atoms with Crippen LogP contribution in [0, 0.1) is 5.82 Å². The van der Waals surface area contributed by atoms with Gasteiger partial charge < -0.3 is 4.98 Å². The second kappa shape index (κ2) is 6.84. The quantitative estimate of drug-likeness (QED) is 0.414. The average molecular weight is 406 g/mol. The van der Waals surface area contributed by atoms with Crippen molar-refractivity contribution in [2.45, 2.75) is 0 Å². The van der Waals surface area contributed by atoms with E-state index in [4.69, 9.17) is 4.98 Å². The summed E-state index contributed by atoms with van der Waals surface area (Å²) in [6, 6.07) is 18.2. The molecule has 0 aliphatic rings. The summed E-state index contributed by atoms with van der Waals surface area (Å²) in [5, 5.41) is 8.35. The molecule has 0 fully saturated rings. The Bertz CT molecular complexity index is 1550. The van der Waals surface area contributed by atoms with E-state index in [9.17, 15) is 4.39 Å². The minimum absolute atomic E-state index is 0.307. The molecule has 7 heteroatoms. The van der Waals surface area contributed by atoms with Gasteiger partial charge in [-0.15, -0.1) is 0 Å². The van der Waals surface area contributed by atoms with Crippen LogP contribution >= 0.6 is 0 Å². The van der Waals surface area contributed by atoms with E-state index >= 15 is 0 Å². The molecule has 0 aliphatic carbocycles. The highest BCUT2D eigenvalue weighted by Gasteiger charge is 2.17. The largest absolute Gasteiger partial charge is 0.353 e. The highest BCUT2D eigenvalue weighted by atomic mass is 19.1. The minimum atomic E-state index is -0.307. The minimum Gasteiger partial charge on any atom is -0.353 e. The van der Waals surface area contributed by atoms with Crippen LogP contribution in [-0.2, 0) is 0 Å². The van der Waals surface area contributed by atoms with Crippen LogP contribution in [0.15, 0.2) is 79.3 Å². The molecule has 0 bridgehead atoms. The lowest BCUT2D eigenvalue weighted by Crippen LogP contribution is -1.87. The van der Waals surface area contributed by atoms with Gasteiger partial charge in [0.25, 0.3) is 0 Å². The summed E-state index contributed by atoms with van der Waals surface area (Å²) < 4.78 is 14.4. The van der Waals surface area contributed by atoms with Gasteiger partial charge in [-0.25, -0.2) is 9.37 Å². The number of aromatic nitrogens is 6. The Balaban J connectivity index is 1.53. The summed E-state index contributed by atoms with van der Waals surface area (Å²) in [5.74, 6) is -0.307. The Morgan fingerprint density at radius 3 is 2.65 bits per heavy atom. The molecule has 0 spiro atoms. The second-order valence-electron chi connectivity index (χ2n) is 7.19. The molecule has 6 nitrogen and oxygen atoms in total. The van der Waals surface area contributed by atoms with Gasteiger partial charge >= 0.3 is 0 Å². The zero-order chi connectivity index (χ0) is 20.8. The molecule has 6 aromatic rings. The highest BCUT2D eigenvalue weighted by molar-refractivity contribution is 5.99. The fraction of sp³-hybridized carbons (Fsp3) is 0. The molecule has 5 heterocycles. The topological polar surface area (TPSA) is 83.1 Å². The van der Waals surface area contributed by atoms with Crippen molar-refractivity contribution in [2.24, 2.45) is 0 Å². The van der Waals surface area contributed by atoms with E-state index in [1.807, 2.05) is 36.4 Å². The summed E-state index contributed by atoms with van der Waals surface area (Å²) >= 11 is 0. The van der Waals surface area contributed by atoms with Crippen molar-refractivity contribution in [3.05, 3.63) is 85.1 Å². The maximum atomic E-state index is 14.4. The standard InChI is InChI=1S/C24H15FN6/c25-17-6-2-1-5-15(17)22-16-12-21(28-19(16)9-11-27-22)24-23-20(30-31-24)8-7-18(29-23)14-4-3-10-26-13-14/h1-13,28H,(H,30,31). The smallest absolute Gasteiger partial charge is 0.135 e. The first-order valence-electron chi connectivity index (χ1n) is 9.76. The zero-order valence-corrected chi connectivity index (χ0v) is 16.2. The Morgan fingerprint density at radius 1 is 0.839 bits per heavy atom. The van der Waals surface area contributed by atoms with E-state index in [2.05, 4.69) is 25.1 Å². The molecule has 0 unspecified atom stereocenters. The monoisotopic (exact) mass is 406 g/mol. The predicted molar refractivity (Wildman–Crippen MR) is 118 cm³/mol. The summed E-state index contributed by atoms with van der Waals surface area (Å²) in [7, 11) is 0. The van der Waals surface area contributed by atoms with E-state index < -0.39 is 0 Å². The SMILES string of the molecule is Fc1ccccc1-c1nccc2[nH]c(-c3n[nH]c4ccc(-c5cccnc5)nc34)cc12. The van der Waals surface area contributed by atoms with Crippen molar-refractivity contribution < 1.29 is 4.39 Å². The van der Waals surface area contributed by atoms with Crippen molar-refractivity contribution in [1.82, 2.24) is 30.1 Å². The number of nitrogens with zero attached hydrogens (tertiary/aromatic N) is 4. The lowest BCUT2D eigenvalue weighted by atomic mass is 10.1. The van der Waals surface area contributed by atoms with Crippen LogP contribution in [0.3, 0.4) is 0 Å². The van der Waals surface area contributed by atoms with Gasteiger partial charge in [0, 0.05) is 40.6 Å². The molecule has 0 radical (unpaired) electrons. The zero-order valence-electron chi connectivity index (χ0n) is 16.2. The molecule has 148 valence electrons. The molecule has 31 heavy (non-hydrogen) atoms. The van der Waals surface area contributed by atoms with Crippen molar-refractivity contribution in [1.29, 1.82) is 0 Å². The van der Waals surface area contributed by atoms with E-state index in [1.54, 1.807) is 36.8 Å². The lowest BCUT2D eigenvalue weighted by molar-refractivity contribution is 0.631. The van der Waals surface area contributed by atoms with Crippen LogP contribution in [0.4, 0.5) is 4.39 Å². The lowest BCUT2D eigenvalue weighted by Gasteiger charge is -2.03. The Morgan fingerprint density at radius 2 is 1.77 bits per heavy atom. The van der Waals surface area contributed by atoms with Crippen LogP contribution in [-0.4, -0.2) is 30.1 Å². The molecule has 0 amide bonds. The van der Waals surface area contributed by atoms with Crippen molar-refractivity contribution in [2.75, 3.05) is 0 Å². The number of nitrogens with one attached hydrogen (secondary N) is 2. The van der Waals surface area contributed by atoms with Gasteiger partial charge in [0.2, 0.25) is 0 Å². The van der Waals surface area contributed by atoms with Gasteiger partial charge in [0.15, 0.2) is 0 Å². The third kappa shape index (κ3) is 2.86. The van der Waals surface area contributed by atoms with Crippen LogP contribution in [0.25, 0.3) is 55.8 Å². The fourth-order valence-corrected chi connectivity index (χ4v) is 3.81. The highest BCUT2D eigenvalue weighted by Crippen LogP contribution is 2.33. The summed E-state index contributed by atoms with van der Waals surface area (Å²) in [5.41, 5.74) is 6.68. The van der Waals surface area contributed by atoms with E-state index in [1.165, 1.54) is 6.07 Å². The number of benzene rings is 1. The van der Waals surface area contributed by atoms with Gasteiger partial charge in [-0.05, 0) is 48.5 Å². The molecule has 5 aromatic heterocycles. The first-order valence-corrected chi connectivity index (χ1v) is 9.76. The maximum Gasteiger partial charge on any atom is 0.135 e. The van der Waals surface area contributed by atoms with Crippen molar-refractivity contribution in [3.63, 3.8) is 0 Å². The van der Waals surface area contributed by atoms with Gasteiger partial charge in [0.05, 0.1) is 22.6 Å². The number of aromatic amines is 2. The molecule has 0 saturated heterocycles. The third-order valence-electron chi connectivity index (χ3n) is 5.30. The number of pyridine rings is 3. The Kier molecular flexibility index (Phi) is 3.86. The third-order valence-corrected chi connectivity index (χ3v) is 5.30. The number of fused-ring (bicyclic) bond motifs is 2. The van der Waals surface area contributed by atoms with Gasteiger partial charge in [-0.1, -0.05) is 12.1 Å². The molecule has 0 atom stereocenters. The van der Waals surface area contributed by atoms with E-state index in [-0.39, 0.29) is 5.82 Å². The molecule has 1 aromatic carbocycles. The number of rotatable bonds is 3. The van der Waals surface area contributed by atoms with Crippen LogP contribution in [0.5, 0.6) is 0 Å². The number of H-pyrrole nitrogens is 2. The van der Waals surface area contributed by atoms with Gasteiger partial charge in [0.1, 0.15) is 17.0 Å². The summed E-state index contributed by atoms with van der Waals surface area (Å²) in [6.45, 7) is 0. The number of hydrogen-bond acceptors (Lipinski definition) is 4. The maximum absolute atomic E-state index is 14.4. The van der Waals surface area contributed by atoms with E-state index in [0.717, 1.165) is 38.9 Å². The number of halogens is 1. The van der Waals surface area contributed by atoms with Crippen LogP contribution in [0.1, 0.15) is 0 Å². The summed E-state index contributed by atoms with van der Waals surface area (Å²) in [4.78, 5) is 16.8. The Hall–Kier alpha value is -4.39. The fourth-order valence-electron chi connectivity index (χ4n) is 3.81.